The first-order valence-corrected chi connectivity index (χ1v) is 5.59. The smallest absolute Gasteiger partial charge is 0.317 e. The van der Waals surface area contributed by atoms with Gasteiger partial charge in [-0.1, -0.05) is 35.9 Å². The van der Waals surface area contributed by atoms with Crippen LogP contribution in [0.25, 0.3) is 0 Å². The Hall–Kier alpha value is -1.74. The number of benzene rings is 1. The van der Waals surface area contributed by atoms with Crippen LogP contribution in [0.3, 0.4) is 0 Å². The second kappa shape index (κ2) is 6.76. The molecule has 0 bridgehead atoms. The molecule has 0 fully saturated rings. The summed E-state index contributed by atoms with van der Waals surface area (Å²) >= 11 is 5.95. The molecule has 90 valence electrons. The van der Waals surface area contributed by atoms with Crippen molar-refractivity contribution in [1.82, 2.24) is 4.90 Å². The van der Waals surface area contributed by atoms with E-state index in [4.69, 9.17) is 11.6 Å². The summed E-state index contributed by atoms with van der Waals surface area (Å²) in [6.45, 7) is 8.14. The molecular weight excluding hydrogens is 236 g/mol. The van der Waals surface area contributed by atoms with Gasteiger partial charge in [0.2, 0.25) is 0 Å². The fraction of sp³-hybridized carbons (Fsp3) is 0.154. The molecule has 1 N–H and O–H groups in total. The molecule has 1 rings (SSSR count). The molecule has 3 nitrogen and oxygen atoms in total. The maximum absolute atomic E-state index is 11.9. The zero-order valence-electron chi connectivity index (χ0n) is 9.53. The van der Waals surface area contributed by atoms with Crippen LogP contribution in [-0.4, -0.2) is 24.0 Å². The number of carbonyl (C=O) groups excluding carboxylic acids is 1. The number of nitrogens with one attached hydrogen (secondary N) is 1. The van der Waals surface area contributed by atoms with Gasteiger partial charge in [-0.15, -0.1) is 13.2 Å². The maximum atomic E-state index is 11.9. The van der Waals surface area contributed by atoms with Gasteiger partial charge in [-0.25, -0.2) is 4.79 Å². The van der Waals surface area contributed by atoms with E-state index in [1.54, 1.807) is 29.2 Å². The van der Waals surface area contributed by atoms with Crippen LogP contribution in [0, 0.1) is 0 Å². The number of urea groups is 1. The SMILES string of the molecule is C=CCN(CC=C)C(=O)Nc1ccccc1Cl. The summed E-state index contributed by atoms with van der Waals surface area (Å²) in [4.78, 5) is 13.5. The molecule has 0 aliphatic heterocycles. The minimum absolute atomic E-state index is 0.224. The van der Waals surface area contributed by atoms with Crippen molar-refractivity contribution in [3.63, 3.8) is 0 Å². The summed E-state index contributed by atoms with van der Waals surface area (Å²) in [7, 11) is 0. The van der Waals surface area contributed by atoms with Crippen molar-refractivity contribution in [2.24, 2.45) is 0 Å². The third-order valence-electron chi connectivity index (χ3n) is 2.10. The molecule has 0 unspecified atom stereocenters. The molecule has 0 heterocycles. The number of para-hydroxylation sites is 1. The Morgan fingerprint density at radius 1 is 1.29 bits per heavy atom. The van der Waals surface area contributed by atoms with Crippen molar-refractivity contribution in [3.8, 4) is 0 Å². The van der Waals surface area contributed by atoms with Crippen LogP contribution in [0.2, 0.25) is 5.02 Å². The number of anilines is 1. The van der Waals surface area contributed by atoms with Gasteiger partial charge in [-0.2, -0.15) is 0 Å². The minimum atomic E-state index is -0.224. The highest BCUT2D eigenvalue weighted by atomic mass is 35.5. The first-order valence-electron chi connectivity index (χ1n) is 5.21. The Kier molecular flexibility index (Phi) is 5.30. The highest BCUT2D eigenvalue weighted by Gasteiger charge is 2.11. The average molecular weight is 251 g/mol. The summed E-state index contributed by atoms with van der Waals surface area (Å²) in [6, 6.07) is 6.87. The number of hydrogen-bond donors (Lipinski definition) is 1. The van der Waals surface area contributed by atoms with Gasteiger partial charge in [0.05, 0.1) is 10.7 Å². The van der Waals surface area contributed by atoms with E-state index in [0.717, 1.165) is 0 Å². The summed E-state index contributed by atoms with van der Waals surface area (Å²) in [5.41, 5.74) is 0.595. The summed E-state index contributed by atoms with van der Waals surface area (Å²) in [5, 5.41) is 3.25. The van der Waals surface area contributed by atoms with E-state index < -0.39 is 0 Å². The van der Waals surface area contributed by atoms with Crippen LogP contribution in [-0.2, 0) is 0 Å². The summed E-state index contributed by atoms with van der Waals surface area (Å²) in [6.07, 6.45) is 3.32. The highest BCUT2D eigenvalue weighted by Crippen LogP contribution is 2.20. The predicted octanol–water partition coefficient (Wildman–Crippen LogP) is 3.55. The van der Waals surface area contributed by atoms with Gasteiger partial charge in [0, 0.05) is 13.1 Å². The van der Waals surface area contributed by atoms with Gasteiger partial charge in [0.15, 0.2) is 0 Å². The number of rotatable bonds is 5. The van der Waals surface area contributed by atoms with Crippen LogP contribution >= 0.6 is 11.6 Å². The molecule has 0 atom stereocenters. The normalized spacial score (nSPS) is 9.47. The van der Waals surface area contributed by atoms with Gasteiger partial charge in [-0.05, 0) is 12.1 Å². The summed E-state index contributed by atoms with van der Waals surface area (Å²) < 4.78 is 0. The average Bonchev–Trinajstić information content (AvgIpc) is 2.32. The Morgan fingerprint density at radius 3 is 2.41 bits per heavy atom. The number of amides is 2. The fourth-order valence-corrected chi connectivity index (χ4v) is 1.49. The lowest BCUT2D eigenvalue weighted by Gasteiger charge is -2.20. The standard InChI is InChI=1S/C13H15ClN2O/c1-3-9-16(10-4-2)13(17)15-12-8-6-5-7-11(12)14/h3-8H,1-2,9-10H2,(H,15,17). The van der Waals surface area contributed by atoms with E-state index in [1.807, 2.05) is 12.1 Å². The zero-order chi connectivity index (χ0) is 12.7. The van der Waals surface area contributed by atoms with Crippen molar-refractivity contribution in [1.29, 1.82) is 0 Å². The lowest BCUT2D eigenvalue weighted by Crippen LogP contribution is -2.35. The first kappa shape index (κ1) is 13.3. The minimum Gasteiger partial charge on any atom is -0.317 e. The maximum Gasteiger partial charge on any atom is 0.322 e. The molecule has 2 amide bonds. The second-order valence-electron chi connectivity index (χ2n) is 3.39. The molecule has 0 spiro atoms. The van der Waals surface area contributed by atoms with Gasteiger partial charge < -0.3 is 10.2 Å². The van der Waals surface area contributed by atoms with E-state index in [2.05, 4.69) is 18.5 Å². The molecule has 4 heteroatoms. The van der Waals surface area contributed by atoms with Crippen LogP contribution in [0.15, 0.2) is 49.6 Å². The van der Waals surface area contributed by atoms with Crippen molar-refractivity contribution < 1.29 is 4.79 Å². The predicted molar refractivity (Wildman–Crippen MR) is 72.4 cm³/mol. The van der Waals surface area contributed by atoms with E-state index in [0.29, 0.717) is 23.8 Å². The van der Waals surface area contributed by atoms with E-state index in [1.165, 1.54) is 0 Å². The number of halogens is 1. The first-order chi connectivity index (χ1) is 8.19. The van der Waals surface area contributed by atoms with Crippen molar-refractivity contribution >= 4 is 23.3 Å². The molecule has 17 heavy (non-hydrogen) atoms. The Morgan fingerprint density at radius 2 is 1.88 bits per heavy atom. The van der Waals surface area contributed by atoms with Crippen LogP contribution < -0.4 is 5.32 Å². The topological polar surface area (TPSA) is 32.3 Å². The molecule has 0 saturated heterocycles. The molecular formula is C13H15ClN2O. The lowest BCUT2D eigenvalue weighted by molar-refractivity contribution is 0.222. The third-order valence-corrected chi connectivity index (χ3v) is 2.43. The monoisotopic (exact) mass is 250 g/mol. The molecule has 1 aromatic carbocycles. The van der Waals surface area contributed by atoms with E-state index in [9.17, 15) is 4.79 Å². The molecule has 0 saturated carbocycles. The largest absolute Gasteiger partial charge is 0.322 e. The van der Waals surface area contributed by atoms with Gasteiger partial charge in [-0.3, -0.25) is 0 Å². The van der Waals surface area contributed by atoms with Crippen LogP contribution in [0.5, 0.6) is 0 Å². The van der Waals surface area contributed by atoms with E-state index in [-0.39, 0.29) is 6.03 Å². The number of hydrogen-bond acceptors (Lipinski definition) is 1. The molecule has 0 aromatic heterocycles. The number of nitrogens with zero attached hydrogens (tertiary/aromatic N) is 1. The molecule has 0 aliphatic carbocycles. The summed E-state index contributed by atoms with van der Waals surface area (Å²) in [5.74, 6) is 0. The fourth-order valence-electron chi connectivity index (χ4n) is 1.31. The van der Waals surface area contributed by atoms with Crippen molar-refractivity contribution in [2.45, 2.75) is 0 Å². The Balaban J connectivity index is 2.72. The van der Waals surface area contributed by atoms with Crippen molar-refractivity contribution in [3.05, 3.63) is 54.6 Å². The van der Waals surface area contributed by atoms with Gasteiger partial charge in [0.1, 0.15) is 0 Å². The van der Waals surface area contributed by atoms with Gasteiger partial charge >= 0.3 is 6.03 Å². The lowest BCUT2D eigenvalue weighted by atomic mass is 10.3. The molecule has 0 aliphatic rings. The quantitative estimate of drug-likeness (QED) is 0.797. The zero-order valence-corrected chi connectivity index (χ0v) is 10.3. The second-order valence-corrected chi connectivity index (χ2v) is 3.80. The van der Waals surface area contributed by atoms with Crippen LogP contribution in [0.1, 0.15) is 0 Å². The third kappa shape index (κ3) is 3.96. The number of carbonyl (C=O) groups is 1. The van der Waals surface area contributed by atoms with E-state index >= 15 is 0 Å². The van der Waals surface area contributed by atoms with Crippen molar-refractivity contribution in [2.75, 3.05) is 18.4 Å². The van der Waals surface area contributed by atoms with Crippen LogP contribution in [0.4, 0.5) is 10.5 Å². The Labute approximate surface area is 106 Å². The highest BCUT2D eigenvalue weighted by molar-refractivity contribution is 6.33. The van der Waals surface area contributed by atoms with Gasteiger partial charge in [0.25, 0.3) is 0 Å². The molecule has 1 aromatic rings. The Bertz CT molecular complexity index is 408. The molecule has 0 radical (unpaired) electrons.